The molecule has 0 rings (SSSR count). The maximum Gasteiger partial charge on any atom is 0.132 e. The summed E-state index contributed by atoms with van der Waals surface area (Å²) in [7, 11) is 3.71. The molecule has 0 saturated carbocycles. The molecule has 0 aliphatic heterocycles. The van der Waals surface area contributed by atoms with Gasteiger partial charge < -0.3 is 5.48 Å². The molecule has 0 aliphatic carbocycles. The fourth-order valence-corrected chi connectivity index (χ4v) is 0.659. The predicted molar refractivity (Wildman–Crippen MR) is 37.3 cm³/mol. The summed E-state index contributed by atoms with van der Waals surface area (Å²) in [5.74, 6) is 0. The van der Waals surface area contributed by atoms with Crippen molar-refractivity contribution < 1.29 is 20.0 Å². The summed E-state index contributed by atoms with van der Waals surface area (Å²) in [5.41, 5.74) is 0. The molecule has 4 nitrogen and oxygen atoms in total. The van der Waals surface area contributed by atoms with Gasteiger partial charge in [0.05, 0.1) is 0 Å². The summed E-state index contributed by atoms with van der Waals surface area (Å²) < 4.78 is 0. The van der Waals surface area contributed by atoms with Crippen molar-refractivity contribution in [2.75, 3.05) is 27.3 Å². The molecular formula is C6H17NO3. The fraction of sp³-hybridized carbons (Fsp3) is 1.00. The Balaban J connectivity index is 0. The van der Waals surface area contributed by atoms with E-state index in [-0.39, 0.29) is 10.3 Å². The fourth-order valence-electron chi connectivity index (χ4n) is 0.659. The third-order valence-corrected chi connectivity index (χ3v) is 0.880. The van der Waals surface area contributed by atoms with Gasteiger partial charge in [-0.25, -0.2) is 0 Å². The van der Waals surface area contributed by atoms with E-state index in [1.807, 2.05) is 27.9 Å². The van der Waals surface area contributed by atoms with E-state index in [1.165, 1.54) is 0 Å². The lowest BCUT2D eigenvalue weighted by Crippen LogP contribution is -2.39. The molecule has 64 valence electrons. The van der Waals surface area contributed by atoms with Gasteiger partial charge in [0, 0.05) is 0 Å². The standard InChI is InChI=1S/C6H16NO2.H2O/c1-5-8-7(3,4)9-6-2;/h5-6H2,1-4H3;1H2/q+1;/p-1. The predicted octanol–water partition coefficient (Wildman–Crippen LogP) is 0.789. The Morgan fingerprint density at radius 2 is 1.30 bits per heavy atom. The molecular weight excluding hydrogens is 134 g/mol. The number of hydrogen-bond donors (Lipinski definition) is 0. The molecule has 0 fully saturated rings. The number of nitrogens with zero attached hydrogens (tertiary/aromatic N) is 1. The molecule has 4 heteroatoms. The van der Waals surface area contributed by atoms with Crippen LogP contribution in [-0.4, -0.2) is 37.6 Å². The molecule has 0 aromatic rings. The van der Waals surface area contributed by atoms with Crippen molar-refractivity contribution in [3.05, 3.63) is 0 Å². The van der Waals surface area contributed by atoms with Gasteiger partial charge in [-0.15, -0.1) is 0 Å². The molecule has 0 aromatic heterocycles. The molecule has 0 bridgehead atoms. The highest BCUT2D eigenvalue weighted by Crippen LogP contribution is 1.98. The average Bonchev–Trinajstić information content (AvgIpc) is 1.64. The van der Waals surface area contributed by atoms with Crippen LogP contribution in [0, 0.1) is 0 Å². The maximum absolute atomic E-state index is 5.18. The lowest BCUT2D eigenvalue weighted by molar-refractivity contribution is -1.22. The van der Waals surface area contributed by atoms with E-state index >= 15 is 0 Å². The van der Waals surface area contributed by atoms with E-state index in [9.17, 15) is 0 Å². The SMILES string of the molecule is CCO[N+](C)(C)OCC.[OH-]. The Labute approximate surface area is 62.1 Å². The summed E-state index contributed by atoms with van der Waals surface area (Å²) in [6.07, 6.45) is 0. The van der Waals surface area contributed by atoms with E-state index in [0.29, 0.717) is 13.2 Å². The minimum atomic E-state index is 0. The number of rotatable bonds is 4. The van der Waals surface area contributed by atoms with Gasteiger partial charge in [0.15, 0.2) is 0 Å². The van der Waals surface area contributed by atoms with Gasteiger partial charge in [0.25, 0.3) is 0 Å². The Morgan fingerprint density at radius 3 is 1.50 bits per heavy atom. The second kappa shape index (κ2) is 5.61. The van der Waals surface area contributed by atoms with Crippen LogP contribution in [0.3, 0.4) is 0 Å². The van der Waals surface area contributed by atoms with Crippen LogP contribution in [0.5, 0.6) is 0 Å². The maximum atomic E-state index is 5.18. The van der Waals surface area contributed by atoms with Gasteiger partial charge >= 0.3 is 0 Å². The molecule has 0 unspecified atom stereocenters. The first-order chi connectivity index (χ1) is 4.12. The summed E-state index contributed by atoms with van der Waals surface area (Å²) in [5, 5.41) is 0. The first-order valence-corrected chi connectivity index (χ1v) is 3.25. The smallest absolute Gasteiger partial charge is 0.132 e. The minimum absolute atomic E-state index is 0. The highest BCUT2D eigenvalue weighted by atomic mass is 17.0. The van der Waals surface area contributed by atoms with E-state index in [1.54, 1.807) is 0 Å². The van der Waals surface area contributed by atoms with Crippen LogP contribution in [0.2, 0.25) is 0 Å². The zero-order valence-electron chi connectivity index (χ0n) is 7.13. The summed E-state index contributed by atoms with van der Waals surface area (Å²) in [6, 6.07) is 0. The number of hydroxylamine groups is 4. The second-order valence-electron chi connectivity index (χ2n) is 2.09. The van der Waals surface area contributed by atoms with Crippen molar-refractivity contribution in [2.45, 2.75) is 13.8 Å². The summed E-state index contributed by atoms with van der Waals surface area (Å²) in [6.45, 7) is 5.23. The monoisotopic (exact) mass is 151 g/mol. The Hall–Kier alpha value is -0.160. The van der Waals surface area contributed by atoms with E-state index in [0.717, 1.165) is 0 Å². The molecule has 10 heavy (non-hydrogen) atoms. The molecule has 0 saturated heterocycles. The Bertz CT molecular complexity index is 67.4. The molecule has 0 heterocycles. The van der Waals surface area contributed by atoms with Crippen LogP contribution in [0.25, 0.3) is 0 Å². The van der Waals surface area contributed by atoms with E-state index in [2.05, 4.69) is 0 Å². The topological polar surface area (TPSA) is 48.5 Å². The normalized spacial score (nSPS) is 10.8. The number of quaternary nitrogens is 1. The van der Waals surface area contributed by atoms with Crippen molar-refractivity contribution in [3.8, 4) is 0 Å². The van der Waals surface area contributed by atoms with Crippen molar-refractivity contribution >= 4 is 0 Å². The van der Waals surface area contributed by atoms with Gasteiger partial charge in [-0.2, -0.15) is 9.68 Å². The van der Waals surface area contributed by atoms with Gasteiger partial charge in [-0.05, 0) is 18.7 Å². The molecule has 0 aromatic carbocycles. The molecule has 0 atom stereocenters. The lowest BCUT2D eigenvalue weighted by atomic mass is 10.9. The first-order valence-electron chi connectivity index (χ1n) is 3.25. The van der Waals surface area contributed by atoms with Crippen LogP contribution in [0.1, 0.15) is 13.8 Å². The molecule has 0 aliphatic rings. The molecule has 0 amide bonds. The molecule has 1 N–H and O–H groups in total. The van der Waals surface area contributed by atoms with Crippen molar-refractivity contribution in [1.82, 2.24) is 0 Å². The molecule has 0 spiro atoms. The number of hydrogen-bond acceptors (Lipinski definition) is 3. The van der Waals surface area contributed by atoms with Gasteiger partial charge in [0.2, 0.25) is 0 Å². The van der Waals surface area contributed by atoms with Crippen molar-refractivity contribution in [3.63, 3.8) is 0 Å². The quantitative estimate of drug-likeness (QED) is 0.441. The van der Waals surface area contributed by atoms with Crippen molar-refractivity contribution in [2.24, 2.45) is 0 Å². The first kappa shape index (κ1) is 12.5. The van der Waals surface area contributed by atoms with E-state index in [4.69, 9.17) is 9.68 Å². The highest BCUT2D eigenvalue weighted by molar-refractivity contribution is 3.97. The largest absolute Gasteiger partial charge is 0.870 e. The Kier molecular flexibility index (Phi) is 7.02. The zero-order valence-corrected chi connectivity index (χ0v) is 7.13. The van der Waals surface area contributed by atoms with Crippen LogP contribution >= 0.6 is 0 Å². The van der Waals surface area contributed by atoms with Crippen LogP contribution < -0.4 is 0 Å². The van der Waals surface area contributed by atoms with Crippen molar-refractivity contribution in [1.29, 1.82) is 0 Å². The molecule has 0 radical (unpaired) electrons. The van der Waals surface area contributed by atoms with Crippen LogP contribution in [0.15, 0.2) is 0 Å². The second-order valence-corrected chi connectivity index (χ2v) is 2.09. The van der Waals surface area contributed by atoms with Gasteiger partial charge in [-0.3, -0.25) is 0 Å². The lowest BCUT2D eigenvalue weighted by Gasteiger charge is -2.22. The van der Waals surface area contributed by atoms with Gasteiger partial charge in [-0.1, -0.05) is 0 Å². The summed E-state index contributed by atoms with van der Waals surface area (Å²) in [4.78, 5) is 10.6. The van der Waals surface area contributed by atoms with Gasteiger partial charge in [0.1, 0.15) is 27.3 Å². The minimum Gasteiger partial charge on any atom is -0.870 e. The summed E-state index contributed by atoms with van der Waals surface area (Å²) >= 11 is 0. The Morgan fingerprint density at radius 1 is 1.00 bits per heavy atom. The highest BCUT2D eigenvalue weighted by Gasteiger charge is 2.15. The van der Waals surface area contributed by atoms with Crippen LogP contribution in [-0.2, 0) is 9.68 Å². The third-order valence-electron chi connectivity index (χ3n) is 0.880. The van der Waals surface area contributed by atoms with E-state index < -0.39 is 0 Å². The third kappa shape index (κ3) is 5.97. The van der Waals surface area contributed by atoms with Crippen LogP contribution in [0.4, 0.5) is 0 Å². The zero-order chi connectivity index (χ0) is 7.33. The average molecular weight is 151 g/mol.